The lowest BCUT2D eigenvalue weighted by Crippen LogP contribution is -2.52. The van der Waals surface area contributed by atoms with Crippen LogP contribution in [0.3, 0.4) is 0 Å². The Bertz CT molecular complexity index is 795. The number of rotatable bonds is 4. The Balaban J connectivity index is 1.33. The normalized spacial score (nSPS) is 23.2. The van der Waals surface area contributed by atoms with Gasteiger partial charge in [-0.05, 0) is 12.5 Å². The van der Waals surface area contributed by atoms with Crippen LogP contribution in [0.5, 0.6) is 0 Å². The summed E-state index contributed by atoms with van der Waals surface area (Å²) in [5, 5.41) is 4.10. The van der Waals surface area contributed by atoms with Gasteiger partial charge in [0.05, 0.1) is 12.7 Å². The van der Waals surface area contributed by atoms with Crippen LogP contribution in [0.2, 0.25) is 0 Å². The molecule has 0 saturated carbocycles. The van der Waals surface area contributed by atoms with E-state index in [2.05, 4.69) is 15.0 Å². The van der Waals surface area contributed by atoms with Crippen LogP contribution in [0.1, 0.15) is 22.6 Å². The van der Waals surface area contributed by atoms with Gasteiger partial charge in [0, 0.05) is 44.8 Å². The summed E-state index contributed by atoms with van der Waals surface area (Å²) in [6.07, 6.45) is 2.43. The molecule has 1 aromatic carbocycles. The smallest absolute Gasteiger partial charge is 0.293 e. The van der Waals surface area contributed by atoms with Gasteiger partial charge in [-0.15, -0.1) is 5.10 Å². The number of piperazine rings is 1. The second kappa shape index (κ2) is 7.13. The van der Waals surface area contributed by atoms with E-state index in [1.807, 2.05) is 11.0 Å². The Kier molecular flexibility index (Phi) is 4.69. The highest BCUT2D eigenvalue weighted by molar-refractivity contribution is 5.90. The summed E-state index contributed by atoms with van der Waals surface area (Å²) < 4.78 is 21.2. The first-order chi connectivity index (χ1) is 12.6. The van der Waals surface area contributed by atoms with Gasteiger partial charge in [-0.2, -0.15) is 0 Å². The molecule has 0 bridgehead atoms. The van der Waals surface area contributed by atoms with Crippen molar-refractivity contribution < 1.29 is 13.9 Å². The van der Waals surface area contributed by atoms with E-state index in [0.717, 1.165) is 19.5 Å². The Morgan fingerprint density at radius 1 is 1.31 bits per heavy atom. The van der Waals surface area contributed by atoms with Gasteiger partial charge in [0.15, 0.2) is 0 Å². The highest BCUT2D eigenvalue weighted by Crippen LogP contribution is 2.25. The zero-order chi connectivity index (χ0) is 18.1. The van der Waals surface area contributed by atoms with Gasteiger partial charge in [-0.3, -0.25) is 14.4 Å². The number of carbonyl (C=O) groups is 1. The molecule has 0 spiro atoms. The summed E-state index contributed by atoms with van der Waals surface area (Å²) in [5.74, 6) is -0.116. The Morgan fingerprint density at radius 2 is 2.15 bits per heavy atom. The summed E-state index contributed by atoms with van der Waals surface area (Å²) >= 11 is 0. The molecule has 138 valence electrons. The molecule has 1 amide bonds. The predicted molar refractivity (Wildman–Crippen MR) is 91.9 cm³/mol. The van der Waals surface area contributed by atoms with Gasteiger partial charge in [0.2, 0.25) is 5.82 Å². The molecular weight excluding hydrogens is 337 g/mol. The first-order valence-electron chi connectivity index (χ1n) is 8.84. The molecule has 0 unspecified atom stereocenters. The minimum absolute atomic E-state index is 0.0580. The van der Waals surface area contributed by atoms with Crippen molar-refractivity contribution in [3.8, 4) is 0 Å². The minimum Gasteiger partial charge on any atom is -0.372 e. The summed E-state index contributed by atoms with van der Waals surface area (Å²) in [6.45, 7) is 3.22. The number of hydrogen-bond donors (Lipinski definition) is 0. The van der Waals surface area contributed by atoms with E-state index < -0.39 is 0 Å². The lowest BCUT2D eigenvalue weighted by molar-refractivity contribution is 0.0437. The molecule has 0 radical (unpaired) electrons. The van der Waals surface area contributed by atoms with Crippen LogP contribution in [0.25, 0.3) is 0 Å². The molecule has 8 heteroatoms. The summed E-state index contributed by atoms with van der Waals surface area (Å²) in [4.78, 5) is 20.7. The fourth-order valence-corrected chi connectivity index (χ4v) is 3.70. The van der Waals surface area contributed by atoms with Gasteiger partial charge < -0.3 is 9.64 Å². The second-order valence-corrected chi connectivity index (χ2v) is 6.90. The van der Waals surface area contributed by atoms with Crippen molar-refractivity contribution in [1.29, 1.82) is 0 Å². The van der Waals surface area contributed by atoms with E-state index >= 15 is 0 Å². The van der Waals surface area contributed by atoms with Crippen LogP contribution < -0.4 is 0 Å². The number of ether oxygens (including phenoxy) is 1. The molecule has 26 heavy (non-hydrogen) atoms. The quantitative estimate of drug-likeness (QED) is 0.817. The predicted octanol–water partition coefficient (Wildman–Crippen LogP) is 1.07. The number of fused-ring (bicyclic) bond motifs is 1. The number of nitrogens with zero attached hydrogens (tertiary/aromatic N) is 5. The van der Waals surface area contributed by atoms with Gasteiger partial charge >= 0.3 is 0 Å². The van der Waals surface area contributed by atoms with Gasteiger partial charge in [-0.1, -0.05) is 18.2 Å². The third kappa shape index (κ3) is 3.47. The molecule has 2 aliphatic heterocycles. The van der Waals surface area contributed by atoms with E-state index in [0.29, 0.717) is 18.7 Å². The maximum Gasteiger partial charge on any atom is 0.293 e. The third-order valence-electron chi connectivity index (χ3n) is 5.09. The molecule has 7 nitrogen and oxygen atoms in total. The van der Waals surface area contributed by atoms with Crippen molar-refractivity contribution in [2.45, 2.75) is 25.2 Å². The van der Waals surface area contributed by atoms with Gasteiger partial charge in [0.1, 0.15) is 12.1 Å². The van der Waals surface area contributed by atoms with E-state index in [1.165, 1.54) is 17.1 Å². The first-order valence-corrected chi connectivity index (χ1v) is 8.84. The SMILES string of the molecule is Cn1cnc(C(=O)N2CCN3C[C@@H](OCc4ccccc4F)C[C@H]3C2)n1. The number of halogens is 1. The highest BCUT2D eigenvalue weighted by atomic mass is 19.1. The molecule has 0 N–H and O–H groups in total. The standard InChI is InChI=1S/C18H22FN5O2/c1-22-12-20-17(21-22)18(25)24-7-6-23-10-15(8-14(23)9-24)26-11-13-4-2-3-5-16(13)19/h2-5,12,14-15H,6-11H2,1H3/t14-,15-/m0/s1. The number of benzene rings is 1. The molecule has 2 aromatic rings. The second-order valence-electron chi connectivity index (χ2n) is 6.90. The molecule has 2 fully saturated rings. The lowest BCUT2D eigenvalue weighted by atomic mass is 10.1. The zero-order valence-electron chi connectivity index (χ0n) is 14.7. The molecule has 2 atom stereocenters. The highest BCUT2D eigenvalue weighted by Gasteiger charge is 2.38. The monoisotopic (exact) mass is 359 g/mol. The van der Waals surface area contributed by atoms with Crippen molar-refractivity contribution >= 4 is 5.91 Å². The fourth-order valence-electron chi connectivity index (χ4n) is 3.70. The average molecular weight is 359 g/mol. The first kappa shape index (κ1) is 17.1. The van der Waals surface area contributed by atoms with Crippen LogP contribution in [0.15, 0.2) is 30.6 Å². The molecule has 4 rings (SSSR count). The number of amides is 1. The zero-order valence-corrected chi connectivity index (χ0v) is 14.7. The van der Waals surface area contributed by atoms with Crippen LogP contribution in [0, 0.1) is 5.82 Å². The third-order valence-corrected chi connectivity index (χ3v) is 5.09. The van der Waals surface area contributed by atoms with E-state index in [1.54, 1.807) is 19.2 Å². The molecule has 1 aromatic heterocycles. The average Bonchev–Trinajstić information content (AvgIpc) is 3.25. The van der Waals surface area contributed by atoms with Crippen LogP contribution in [-0.4, -0.2) is 68.8 Å². The molecular formula is C18H22FN5O2. The summed E-state index contributed by atoms with van der Waals surface area (Å²) in [6, 6.07) is 6.96. The number of carbonyl (C=O) groups excluding carboxylic acids is 1. The number of aromatic nitrogens is 3. The van der Waals surface area contributed by atoms with Crippen molar-refractivity contribution in [3.05, 3.63) is 47.8 Å². The fraction of sp³-hybridized carbons (Fsp3) is 0.500. The van der Waals surface area contributed by atoms with Crippen molar-refractivity contribution in [3.63, 3.8) is 0 Å². The van der Waals surface area contributed by atoms with Crippen molar-refractivity contribution in [2.24, 2.45) is 7.05 Å². The van der Waals surface area contributed by atoms with Crippen molar-refractivity contribution in [1.82, 2.24) is 24.6 Å². The summed E-state index contributed by atoms with van der Waals surface area (Å²) in [7, 11) is 1.75. The van der Waals surface area contributed by atoms with Crippen LogP contribution >= 0.6 is 0 Å². The van der Waals surface area contributed by atoms with E-state index in [9.17, 15) is 9.18 Å². The maximum absolute atomic E-state index is 13.7. The topological polar surface area (TPSA) is 63.5 Å². The Morgan fingerprint density at radius 3 is 2.92 bits per heavy atom. The van der Waals surface area contributed by atoms with Crippen LogP contribution in [0.4, 0.5) is 4.39 Å². The van der Waals surface area contributed by atoms with Gasteiger partial charge in [-0.25, -0.2) is 9.37 Å². The minimum atomic E-state index is -0.233. The van der Waals surface area contributed by atoms with Gasteiger partial charge in [0.25, 0.3) is 5.91 Å². The Hall–Kier alpha value is -2.32. The molecule has 2 saturated heterocycles. The molecule has 2 aliphatic rings. The maximum atomic E-state index is 13.7. The number of aryl methyl sites for hydroxylation is 1. The number of hydrogen-bond acceptors (Lipinski definition) is 5. The largest absolute Gasteiger partial charge is 0.372 e. The van der Waals surface area contributed by atoms with E-state index in [4.69, 9.17) is 4.74 Å². The molecule has 0 aliphatic carbocycles. The molecule has 3 heterocycles. The summed E-state index contributed by atoms with van der Waals surface area (Å²) in [5.41, 5.74) is 0.579. The lowest BCUT2D eigenvalue weighted by Gasteiger charge is -2.36. The van der Waals surface area contributed by atoms with E-state index in [-0.39, 0.29) is 36.3 Å². The Labute approximate surface area is 151 Å². The van der Waals surface area contributed by atoms with Crippen LogP contribution in [-0.2, 0) is 18.4 Å². The van der Waals surface area contributed by atoms with Crippen molar-refractivity contribution in [2.75, 3.05) is 26.2 Å².